The molecule has 9 nitrogen and oxygen atoms in total. The van der Waals surface area contributed by atoms with E-state index in [4.69, 9.17) is 14.6 Å². The molecule has 1 spiro atoms. The number of pyridine rings is 1. The molecule has 1 saturated carbocycles. The third-order valence-electron chi connectivity index (χ3n) is 8.57. The number of amides is 1. The quantitative estimate of drug-likeness (QED) is 0.354. The van der Waals surface area contributed by atoms with Gasteiger partial charge in [0.05, 0.1) is 24.6 Å². The SMILES string of the molecule is COc1cc(C(=O)N2CCC3(CC2)CC(=O)c2cc(-c4ccc(C(=O)O)nc4)ccc2O3)cc2c1ccn2C1CC1. The number of ether oxygens (including phenoxy) is 2. The number of carboxylic acids is 1. The third kappa shape index (κ3) is 4.41. The predicted octanol–water partition coefficient (Wildman–Crippen LogP) is 5.39. The Morgan fingerprint density at radius 3 is 2.51 bits per heavy atom. The number of ketones is 1. The van der Waals surface area contributed by atoms with Gasteiger partial charge in [0, 0.05) is 60.9 Å². The Kier molecular flexibility index (Phi) is 5.85. The van der Waals surface area contributed by atoms with Crippen molar-refractivity contribution in [2.45, 2.75) is 43.7 Å². The number of rotatable bonds is 5. The maximum atomic E-state index is 13.6. The highest BCUT2D eigenvalue weighted by molar-refractivity contribution is 6.02. The lowest BCUT2D eigenvalue weighted by Gasteiger charge is -2.44. The van der Waals surface area contributed by atoms with Gasteiger partial charge >= 0.3 is 5.97 Å². The van der Waals surface area contributed by atoms with Crippen LogP contribution in [0.5, 0.6) is 11.5 Å². The Balaban J connectivity index is 1.08. The first-order valence-corrected chi connectivity index (χ1v) is 13.9. The van der Waals surface area contributed by atoms with Crippen LogP contribution in [-0.2, 0) is 0 Å². The molecular formula is C32H29N3O6. The second-order valence-corrected chi connectivity index (χ2v) is 11.2. The molecule has 0 atom stereocenters. The molecule has 4 aromatic rings. The molecule has 1 amide bonds. The molecule has 1 aliphatic carbocycles. The lowest BCUT2D eigenvalue weighted by molar-refractivity contribution is -0.00571. The lowest BCUT2D eigenvalue weighted by Crippen LogP contribution is -2.52. The van der Waals surface area contributed by atoms with Crippen molar-refractivity contribution in [1.29, 1.82) is 0 Å². The maximum Gasteiger partial charge on any atom is 0.354 e. The molecule has 208 valence electrons. The van der Waals surface area contributed by atoms with Crippen molar-refractivity contribution in [2.24, 2.45) is 0 Å². The summed E-state index contributed by atoms with van der Waals surface area (Å²) in [7, 11) is 1.63. The highest BCUT2D eigenvalue weighted by atomic mass is 16.5. The second-order valence-electron chi connectivity index (χ2n) is 11.2. The highest BCUT2D eigenvalue weighted by Gasteiger charge is 2.44. The molecule has 2 fully saturated rings. The number of benzene rings is 2. The van der Waals surface area contributed by atoms with Crippen molar-refractivity contribution in [3.63, 3.8) is 0 Å². The topological polar surface area (TPSA) is 111 Å². The summed E-state index contributed by atoms with van der Waals surface area (Å²) < 4.78 is 14.3. The normalized spacial score (nSPS) is 17.8. The van der Waals surface area contributed by atoms with Crippen molar-refractivity contribution in [3.8, 4) is 22.6 Å². The number of methoxy groups -OCH3 is 1. The molecular weight excluding hydrogens is 522 g/mol. The first-order chi connectivity index (χ1) is 19.8. The first kappa shape index (κ1) is 25.3. The molecule has 2 aliphatic heterocycles. The van der Waals surface area contributed by atoms with Gasteiger partial charge in [-0.25, -0.2) is 9.78 Å². The van der Waals surface area contributed by atoms with E-state index >= 15 is 0 Å². The van der Waals surface area contributed by atoms with Crippen LogP contribution in [-0.4, -0.2) is 63.0 Å². The molecule has 0 radical (unpaired) electrons. The van der Waals surface area contributed by atoms with E-state index in [1.54, 1.807) is 25.3 Å². The maximum absolute atomic E-state index is 13.6. The molecule has 2 aromatic carbocycles. The molecule has 3 aliphatic rings. The molecule has 9 heteroatoms. The Hall–Kier alpha value is -4.66. The first-order valence-electron chi connectivity index (χ1n) is 13.9. The third-order valence-corrected chi connectivity index (χ3v) is 8.57. The van der Waals surface area contributed by atoms with Crippen molar-refractivity contribution >= 4 is 28.6 Å². The molecule has 2 aromatic heterocycles. The van der Waals surface area contributed by atoms with Gasteiger partial charge in [-0.05, 0) is 54.8 Å². The van der Waals surface area contributed by atoms with Gasteiger partial charge in [-0.15, -0.1) is 0 Å². The Morgan fingerprint density at radius 1 is 1.05 bits per heavy atom. The van der Waals surface area contributed by atoms with Crippen molar-refractivity contribution in [2.75, 3.05) is 20.2 Å². The molecule has 1 N–H and O–H groups in total. The van der Waals surface area contributed by atoms with Crippen molar-refractivity contribution in [1.82, 2.24) is 14.5 Å². The Morgan fingerprint density at radius 2 is 1.83 bits per heavy atom. The summed E-state index contributed by atoms with van der Waals surface area (Å²) in [5.41, 5.74) is 2.94. The molecule has 7 rings (SSSR count). The van der Waals surface area contributed by atoms with Crippen LogP contribution in [0.3, 0.4) is 0 Å². The number of nitrogens with zero attached hydrogens (tertiary/aromatic N) is 3. The average Bonchev–Trinajstić information content (AvgIpc) is 3.74. The van der Waals surface area contributed by atoms with Gasteiger partial charge in [-0.1, -0.05) is 12.1 Å². The minimum atomic E-state index is -1.09. The number of fused-ring (bicyclic) bond motifs is 2. The number of aromatic carboxylic acids is 1. The smallest absolute Gasteiger partial charge is 0.354 e. The van der Waals surface area contributed by atoms with Crippen LogP contribution < -0.4 is 9.47 Å². The minimum absolute atomic E-state index is 0.000909. The summed E-state index contributed by atoms with van der Waals surface area (Å²) in [5.74, 6) is 0.103. The van der Waals surface area contributed by atoms with E-state index in [-0.39, 0.29) is 23.8 Å². The molecule has 1 saturated heterocycles. The fourth-order valence-electron chi connectivity index (χ4n) is 6.14. The predicted molar refractivity (Wildman–Crippen MR) is 151 cm³/mol. The number of likely N-dealkylation sites (tertiary alicyclic amines) is 1. The van der Waals surface area contributed by atoms with E-state index in [0.717, 1.165) is 34.9 Å². The van der Waals surface area contributed by atoms with Crippen LogP contribution in [0.2, 0.25) is 0 Å². The van der Waals surface area contributed by atoms with E-state index in [0.29, 0.717) is 54.6 Å². The number of aromatic nitrogens is 2. The van der Waals surface area contributed by atoms with Gasteiger partial charge in [0.15, 0.2) is 5.78 Å². The van der Waals surface area contributed by atoms with Gasteiger partial charge in [0.2, 0.25) is 0 Å². The second kappa shape index (κ2) is 9.47. The minimum Gasteiger partial charge on any atom is -0.496 e. The van der Waals surface area contributed by atoms with Crippen LogP contribution >= 0.6 is 0 Å². The summed E-state index contributed by atoms with van der Waals surface area (Å²) >= 11 is 0. The number of carboxylic acid groups (broad SMARTS) is 1. The fraction of sp³-hybridized carbons (Fsp3) is 0.312. The number of hydrogen-bond acceptors (Lipinski definition) is 6. The van der Waals surface area contributed by atoms with Crippen LogP contribution in [0, 0.1) is 0 Å². The molecule has 0 bridgehead atoms. The van der Waals surface area contributed by atoms with Crippen LogP contribution in [0.4, 0.5) is 0 Å². The number of carbonyl (C=O) groups is 3. The zero-order valence-electron chi connectivity index (χ0n) is 22.6. The Bertz CT molecular complexity index is 1710. The van der Waals surface area contributed by atoms with E-state index in [9.17, 15) is 14.4 Å². The molecule has 41 heavy (non-hydrogen) atoms. The Labute approximate surface area is 236 Å². The van der Waals surface area contributed by atoms with Gasteiger partial charge in [0.25, 0.3) is 5.91 Å². The molecule has 0 unspecified atom stereocenters. The van der Waals surface area contributed by atoms with E-state index < -0.39 is 11.6 Å². The highest BCUT2D eigenvalue weighted by Crippen LogP contribution is 2.42. The zero-order chi connectivity index (χ0) is 28.3. The summed E-state index contributed by atoms with van der Waals surface area (Å²) in [6.45, 7) is 0.982. The van der Waals surface area contributed by atoms with Gasteiger partial charge in [-0.3, -0.25) is 9.59 Å². The largest absolute Gasteiger partial charge is 0.496 e. The number of carbonyl (C=O) groups excluding carboxylic acids is 2. The number of Topliss-reactive ketones (excluding diaryl/α,β-unsaturated/α-hetero) is 1. The number of hydrogen-bond donors (Lipinski definition) is 1. The van der Waals surface area contributed by atoms with Crippen molar-refractivity contribution < 1.29 is 29.0 Å². The van der Waals surface area contributed by atoms with Crippen LogP contribution in [0.15, 0.2) is 60.9 Å². The van der Waals surface area contributed by atoms with E-state index in [1.165, 1.54) is 12.3 Å². The summed E-state index contributed by atoms with van der Waals surface area (Å²) in [6.07, 6.45) is 7.24. The van der Waals surface area contributed by atoms with Crippen LogP contribution in [0.25, 0.3) is 22.0 Å². The number of piperidine rings is 1. The summed E-state index contributed by atoms with van der Waals surface area (Å²) in [4.78, 5) is 43.9. The zero-order valence-corrected chi connectivity index (χ0v) is 22.6. The lowest BCUT2D eigenvalue weighted by atomic mass is 9.82. The monoisotopic (exact) mass is 551 g/mol. The van der Waals surface area contributed by atoms with Crippen molar-refractivity contribution in [3.05, 3.63) is 77.7 Å². The van der Waals surface area contributed by atoms with Gasteiger partial charge < -0.3 is 24.0 Å². The van der Waals surface area contributed by atoms with Gasteiger partial charge in [-0.2, -0.15) is 0 Å². The summed E-state index contributed by atoms with van der Waals surface area (Å²) in [6, 6.07) is 14.9. The fourth-order valence-corrected chi connectivity index (χ4v) is 6.14. The standard InChI is InChI=1S/C32H29N3O6/c1-40-29-16-21(15-26-23(29)8-11-35(26)22-4-5-22)30(37)34-12-9-32(10-13-34)17-27(36)24-14-19(3-7-28(24)41-32)20-2-6-25(31(38)39)33-18-20/h2-3,6-8,11,14-16,18,22H,4-5,9-10,12-13,17H2,1H3,(H,38,39). The average molecular weight is 552 g/mol. The van der Waals surface area contributed by atoms with Gasteiger partial charge in [0.1, 0.15) is 22.8 Å². The van der Waals surface area contributed by atoms with Crippen LogP contribution in [0.1, 0.15) is 69.4 Å². The summed E-state index contributed by atoms with van der Waals surface area (Å²) in [5, 5.41) is 10.1. The molecule has 4 heterocycles. The van der Waals surface area contributed by atoms with E-state index in [2.05, 4.69) is 21.8 Å². The van der Waals surface area contributed by atoms with E-state index in [1.807, 2.05) is 23.1 Å².